The highest BCUT2D eigenvalue weighted by Gasteiger charge is 2.21. The van der Waals surface area contributed by atoms with Gasteiger partial charge >= 0.3 is 0 Å². The molecule has 0 radical (unpaired) electrons. The SMILES string of the molecule is Cc1ccc(S(=O)(=O)NCCCN2CC(C)OC(C)C2)cc1. The van der Waals surface area contributed by atoms with Crippen LogP contribution in [0.5, 0.6) is 0 Å². The van der Waals surface area contributed by atoms with E-state index in [1.807, 2.05) is 19.1 Å². The first-order valence-corrected chi connectivity index (χ1v) is 9.29. The van der Waals surface area contributed by atoms with Gasteiger partial charge in [0.1, 0.15) is 0 Å². The molecule has 0 aromatic heterocycles. The van der Waals surface area contributed by atoms with Crippen molar-refractivity contribution in [1.82, 2.24) is 9.62 Å². The van der Waals surface area contributed by atoms with Crippen LogP contribution in [0.4, 0.5) is 0 Å². The van der Waals surface area contributed by atoms with Crippen molar-refractivity contribution in [2.45, 2.75) is 44.3 Å². The first-order chi connectivity index (χ1) is 10.4. The summed E-state index contributed by atoms with van der Waals surface area (Å²) in [6.45, 7) is 9.24. The fraction of sp³-hybridized carbons (Fsp3) is 0.625. The molecule has 2 atom stereocenters. The summed E-state index contributed by atoms with van der Waals surface area (Å²) in [5.74, 6) is 0. The average molecular weight is 326 g/mol. The number of hydrogen-bond acceptors (Lipinski definition) is 4. The number of hydrogen-bond donors (Lipinski definition) is 1. The molecule has 1 N–H and O–H groups in total. The average Bonchev–Trinajstić information content (AvgIpc) is 2.43. The van der Waals surface area contributed by atoms with Crippen LogP contribution in [0.3, 0.4) is 0 Å². The molecular formula is C16H26N2O3S. The van der Waals surface area contributed by atoms with Gasteiger partial charge in [0.05, 0.1) is 17.1 Å². The van der Waals surface area contributed by atoms with Crippen LogP contribution in [0.2, 0.25) is 0 Å². The molecule has 1 aliphatic rings. The smallest absolute Gasteiger partial charge is 0.240 e. The molecule has 6 heteroatoms. The minimum Gasteiger partial charge on any atom is -0.373 e. The molecule has 0 aliphatic carbocycles. The first-order valence-electron chi connectivity index (χ1n) is 7.81. The predicted octanol–water partition coefficient (Wildman–Crippen LogP) is 1.77. The number of nitrogens with one attached hydrogen (secondary N) is 1. The van der Waals surface area contributed by atoms with Gasteiger partial charge in [0, 0.05) is 19.6 Å². The molecule has 0 spiro atoms. The Morgan fingerprint density at radius 2 is 1.77 bits per heavy atom. The Morgan fingerprint density at radius 1 is 1.18 bits per heavy atom. The summed E-state index contributed by atoms with van der Waals surface area (Å²) in [7, 11) is -3.39. The van der Waals surface area contributed by atoms with Gasteiger partial charge in [-0.3, -0.25) is 4.90 Å². The molecule has 5 nitrogen and oxygen atoms in total. The van der Waals surface area contributed by atoms with Crippen molar-refractivity contribution in [2.75, 3.05) is 26.2 Å². The van der Waals surface area contributed by atoms with Crippen LogP contribution in [0.25, 0.3) is 0 Å². The second kappa shape index (κ2) is 7.55. The number of rotatable bonds is 6. The number of aryl methyl sites for hydroxylation is 1. The Balaban J connectivity index is 1.77. The van der Waals surface area contributed by atoms with Gasteiger partial charge in [-0.15, -0.1) is 0 Å². The molecule has 0 amide bonds. The molecule has 1 fully saturated rings. The Morgan fingerprint density at radius 3 is 2.36 bits per heavy atom. The third-order valence-corrected chi connectivity index (χ3v) is 5.25. The number of sulfonamides is 1. The zero-order valence-corrected chi connectivity index (χ0v) is 14.4. The standard InChI is InChI=1S/C16H26N2O3S/c1-13-5-7-16(8-6-13)22(19,20)17-9-4-10-18-11-14(2)21-15(3)12-18/h5-8,14-15,17H,4,9-12H2,1-3H3. The molecule has 1 aliphatic heterocycles. The maximum Gasteiger partial charge on any atom is 0.240 e. The molecular weight excluding hydrogens is 300 g/mol. The van der Waals surface area contributed by atoms with E-state index in [0.29, 0.717) is 11.4 Å². The fourth-order valence-electron chi connectivity index (χ4n) is 2.78. The van der Waals surface area contributed by atoms with Crippen LogP contribution in [0, 0.1) is 6.92 Å². The van der Waals surface area contributed by atoms with E-state index >= 15 is 0 Å². The summed E-state index contributed by atoms with van der Waals surface area (Å²) in [5.41, 5.74) is 1.05. The summed E-state index contributed by atoms with van der Waals surface area (Å²) >= 11 is 0. The highest BCUT2D eigenvalue weighted by atomic mass is 32.2. The topological polar surface area (TPSA) is 58.6 Å². The minimum absolute atomic E-state index is 0.244. The number of ether oxygens (including phenoxy) is 1. The van der Waals surface area contributed by atoms with Crippen molar-refractivity contribution in [2.24, 2.45) is 0 Å². The molecule has 0 saturated carbocycles. The minimum atomic E-state index is -3.39. The van der Waals surface area contributed by atoms with Gasteiger partial charge in [-0.1, -0.05) is 17.7 Å². The van der Waals surface area contributed by atoms with Crippen LogP contribution in [-0.2, 0) is 14.8 Å². The molecule has 1 saturated heterocycles. The van der Waals surface area contributed by atoms with Crippen LogP contribution >= 0.6 is 0 Å². The third kappa shape index (κ3) is 5.05. The van der Waals surface area contributed by atoms with Crippen molar-refractivity contribution >= 4 is 10.0 Å². The van der Waals surface area contributed by atoms with E-state index in [1.165, 1.54) is 0 Å². The summed E-state index contributed by atoms with van der Waals surface area (Å²) in [6, 6.07) is 6.90. The quantitative estimate of drug-likeness (QED) is 0.810. The van der Waals surface area contributed by atoms with Crippen LogP contribution < -0.4 is 4.72 Å². The number of nitrogens with zero attached hydrogens (tertiary/aromatic N) is 1. The molecule has 1 aromatic carbocycles. The lowest BCUT2D eigenvalue weighted by Crippen LogP contribution is -2.46. The highest BCUT2D eigenvalue weighted by molar-refractivity contribution is 7.89. The van der Waals surface area contributed by atoms with Crippen molar-refractivity contribution in [1.29, 1.82) is 0 Å². The third-order valence-electron chi connectivity index (χ3n) is 3.77. The van der Waals surface area contributed by atoms with Crippen molar-refractivity contribution < 1.29 is 13.2 Å². The normalized spacial score (nSPS) is 23.6. The second-order valence-electron chi connectivity index (χ2n) is 6.08. The van der Waals surface area contributed by atoms with E-state index in [0.717, 1.165) is 31.6 Å². The molecule has 1 aromatic rings. The van der Waals surface area contributed by atoms with Crippen molar-refractivity contribution in [3.05, 3.63) is 29.8 Å². The van der Waals surface area contributed by atoms with Crippen LogP contribution in [0.15, 0.2) is 29.2 Å². The van der Waals surface area contributed by atoms with Crippen molar-refractivity contribution in [3.8, 4) is 0 Å². The van der Waals surface area contributed by atoms with Gasteiger partial charge in [0.2, 0.25) is 10.0 Å². The zero-order valence-electron chi connectivity index (χ0n) is 13.6. The van der Waals surface area contributed by atoms with Gasteiger partial charge in [0.15, 0.2) is 0 Å². The van der Waals surface area contributed by atoms with Crippen LogP contribution in [-0.4, -0.2) is 51.7 Å². The molecule has 124 valence electrons. The fourth-order valence-corrected chi connectivity index (χ4v) is 3.85. The summed E-state index contributed by atoms with van der Waals surface area (Å²) < 4.78 is 32.7. The van der Waals surface area contributed by atoms with E-state index in [1.54, 1.807) is 12.1 Å². The van der Waals surface area contributed by atoms with Gasteiger partial charge in [0.25, 0.3) is 0 Å². The maximum atomic E-state index is 12.2. The van der Waals surface area contributed by atoms with E-state index in [2.05, 4.69) is 23.5 Å². The molecule has 2 rings (SSSR count). The molecule has 2 unspecified atom stereocenters. The van der Waals surface area contributed by atoms with Gasteiger partial charge in [-0.2, -0.15) is 0 Å². The maximum absolute atomic E-state index is 12.2. The number of morpholine rings is 1. The van der Waals surface area contributed by atoms with Gasteiger partial charge in [-0.25, -0.2) is 13.1 Å². The van der Waals surface area contributed by atoms with Crippen molar-refractivity contribution in [3.63, 3.8) is 0 Å². The largest absolute Gasteiger partial charge is 0.373 e. The van der Waals surface area contributed by atoms with Gasteiger partial charge < -0.3 is 4.74 Å². The van der Waals surface area contributed by atoms with E-state index in [4.69, 9.17) is 4.74 Å². The lowest BCUT2D eigenvalue weighted by Gasteiger charge is -2.35. The Labute approximate surface area is 133 Å². The Bertz CT molecular complexity index is 562. The summed E-state index contributed by atoms with van der Waals surface area (Å²) in [6.07, 6.45) is 1.28. The molecule has 0 bridgehead atoms. The molecule has 1 heterocycles. The zero-order chi connectivity index (χ0) is 16.2. The van der Waals surface area contributed by atoms with Crippen LogP contribution in [0.1, 0.15) is 25.8 Å². The van der Waals surface area contributed by atoms with Gasteiger partial charge in [-0.05, 0) is 45.9 Å². The number of benzene rings is 1. The lowest BCUT2D eigenvalue weighted by atomic mass is 10.2. The Hall–Kier alpha value is -0.950. The first kappa shape index (κ1) is 17.4. The highest BCUT2D eigenvalue weighted by Crippen LogP contribution is 2.12. The summed E-state index contributed by atoms with van der Waals surface area (Å²) in [5, 5.41) is 0. The summed E-state index contributed by atoms with van der Waals surface area (Å²) in [4.78, 5) is 2.66. The van der Waals surface area contributed by atoms with E-state index in [9.17, 15) is 8.42 Å². The van der Waals surface area contributed by atoms with E-state index < -0.39 is 10.0 Å². The monoisotopic (exact) mass is 326 g/mol. The predicted molar refractivity (Wildman–Crippen MR) is 87.4 cm³/mol. The molecule has 22 heavy (non-hydrogen) atoms. The second-order valence-corrected chi connectivity index (χ2v) is 7.85. The Kier molecular flexibility index (Phi) is 5.97. The van der Waals surface area contributed by atoms with E-state index in [-0.39, 0.29) is 12.2 Å². The lowest BCUT2D eigenvalue weighted by molar-refractivity contribution is -0.0679.